The minimum absolute atomic E-state index is 0.850. The quantitative estimate of drug-likeness (QED) is 0.625. The lowest BCUT2D eigenvalue weighted by atomic mass is 9.87. The average Bonchev–Trinajstić information content (AvgIpc) is 2.21. The molecule has 1 saturated heterocycles. The summed E-state index contributed by atoms with van der Waals surface area (Å²) in [6.45, 7) is 2.41. The maximum absolute atomic E-state index is 3.40. The summed E-state index contributed by atoms with van der Waals surface area (Å²) in [7, 11) is 0. The first-order chi connectivity index (χ1) is 5.97. The van der Waals surface area contributed by atoms with E-state index < -0.39 is 0 Å². The van der Waals surface area contributed by atoms with Crippen LogP contribution >= 0.6 is 0 Å². The molecule has 12 heavy (non-hydrogen) atoms. The standard InChI is InChI=1S/C11H17N/c1-2-4-10(5-3-1)11-6-8-12-9-7-11/h2,4-5,11-12H,1,3,6-9H2. The topological polar surface area (TPSA) is 12.0 Å². The fourth-order valence-electron chi connectivity index (χ4n) is 2.09. The minimum atomic E-state index is 0.850. The molecule has 1 N–H and O–H groups in total. The van der Waals surface area contributed by atoms with Gasteiger partial charge in [0.15, 0.2) is 0 Å². The van der Waals surface area contributed by atoms with Crippen LogP contribution in [-0.4, -0.2) is 13.1 Å². The molecule has 0 atom stereocenters. The molecule has 1 fully saturated rings. The van der Waals surface area contributed by atoms with Crippen LogP contribution in [0.3, 0.4) is 0 Å². The molecule has 0 aromatic heterocycles. The summed E-state index contributed by atoms with van der Waals surface area (Å²) in [5.74, 6) is 0.850. The first-order valence-electron chi connectivity index (χ1n) is 5.04. The van der Waals surface area contributed by atoms with Gasteiger partial charge in [0.05, 0.1) is 0 Å². The minimum Gasteiger partial charge on any atom is -0.317 e. The Hall–Kier alpha value is -0.560. The molecule has 0 saturated carbocycles. The Morgan fingerprint density at radius 1 is 1.17 bits per heavy atom. The van der Waals surface area contributed by atoms with Gasteiger partial charge >= 0.3 is 0 Å². The van der Waals surface area contributed by atoms with Gasteiger partial charge < -0.3 is 5.32 Å². The summed E-state index contributed by atoms with van der Waals surface area (Å²) < 4.78 is 0. The van der Waals surface area contributed by atoms with Crippen LogP contribution in [0.15, 0.2) is 23.8 Å². The second kappa shape index (κ2) is 3.90. The molecule has 0 bridgehead atoms. The molecule has 0 aromatic carbocycles. The average molecular weight is 163 g/mol. The molecule has 0 radical (unpaired) electrons. The molecular formula is C11H17N. The highest BCUT2D eigenvalue weighted by Gasteiger charge is 2.15. The van der Waals surface area contributed by atoms with Gasteiger partial charge in [0.25, 0.3) is 0 Å². The molecule has 0 aromatic rings. The zero-order valence-corrected chi connectivity index (χ0v) is 7.55. The van der Waals surface area contributed by atoms with Gasteiger partial charge in [-0.15, -0.1) is 0 Å². The highest BCUT2D eigenvalue weighted by Crippen LogP contribution is 2.25. The van der Waals surface area contributed by atoms with Crippen LogP contribution in [0.4, 0.5) is 0 Å². The van der Waals surface area contributed by atoms with Crippen molar-refractivity contribution >= 4 is 0 Å². The number of hydrogen-bond acceptors (Lipinski definition) is 1. The monoisotopic (exact) mass is 163 g/mol. The first-order valence-corrected chi connectivity index (χ1v) is 5.04. The predicted octanol–water partition coefficient (Wildman–Crippen LogP) is 2.26. The SMILES string of the molecule is C1=CC(C2CCNCC2)=CCC1. The van der Waals surface area contributed by atoms with Crippen LogP contribution in [0.25, 0.3) is 0 Å². The van der Waals surface area contributed by atoms with Crippen LogP contribution in [0.2, 0.25) is 0 Å². The van der Waals surface area contributed by atoms with E-state index in [0.29, 0.717) is 0 Å². The lowest BCUT2D eigenvalue weighted by Crippen LogP contribution is -2.28. The van der Waals surface area contributed by atoms with Crippen LogP contribution in [-0.2, 0) is 0 Å². The molecular weight excluding hydrogens is 146 g/mol. The van der Waals surface area contributed by atoms with Crippen molar-refractivity contribution < 1.29 is 0 Å². The number of nitrogens with one attached hydrogen (secondary N) is 1. The van der Waals surface area contributed by atoms with E-state index in [2.05, 4.69) is 23.5 Å². The molecule has 1 nitrogen and oxygen atoms in total. The third kappa shape index (κ3) is 1.78. The van der Waals surface area contributed by atoms with Gasteiger partial charge in [0, 0.05) is 0 Å². The van der Waals surface area contributed by atoms with E-state index in [1.54, 1.807) is 5.57 Å². The summed E-state index contributed by atoms with van der Waals surface area (Å²) in [6.07, 6.45) is 12.2. The lowest BCUT2D eigenvalue weighted by molar-refractivity contribution is 0.423. The smallest absolute Gasteiger partial charge is 0.00431 e. The fourth-order valence-corrected chi connectivity index (χ4v) is 2.09. The van der Waals surface area contributed by atoms with Gasteiger partial charge in [0.2, 0.25) is 0 Å². The number of rotatable bonds is 1. The van der Waals surface area contributed by atoms with E-state index in [-0.39, 0.29) is 0 Å². The Kier molecular flexibility index (Phi) is 2.62. The van der Waals surface area contributed by atoms with Crippen LogP contribution in [0.1, 0.15) is 25.7 Å². The van der Waals surface area contributed by atoms with E-state index in [9.17, 15) is 0 Å². The molecule has 66 valence electrons. The van der Waals surface area contributed by atoms with Gasteiger partial charge in [-0.3, -0.25) is 0 Å². The summed E-state index contributed by atoms with van der Waals surface area (Å²) in [5.41, 5.74) is 1.60. The largest absolute Gasteiger partial charge is 0.317 e. The number of hydrogen-bond donors (Lipinski definition) is 1. The molecule has 1 heteroatoms. The molecule has 0 amide bonds. The van der Waals surface area contributed by atoms with Crippen molar-refractivity contribution in [2.24, 2.45) is 5.92 Å². The summed E-state index contributed by atoms with van der Waals surface area (Å²) >= 11 is 0. The molecule has 0 spiro atoms. The normalized spacial score (nSPS) is 25.5. The Morgan fingerprint density at radius 2 is 2.00 bits per heavy atom. The second-order valence-electron chi connectivity index (χ2n) is 3.71. The number of piperidine rings is 1. The van der Waals surface area contributed by atoms with Crippen molar-refractivity contribution in [2.45, 2.75) is 25.7 Å². The van der Waals surface area contributed by atoms with Crippen molar-refractivity contribution in [1.29, 1.82) is 0 Å². The molecule has 1 aliphatic heterocycles. The van der Waals surface area contributed by atoms with Crippen molar-refractivity contribution in [3.05, 3.63) is 23.8 Å². The summed E-state index contributed by atoms with van der Waals surface area (Å²) in [6, 6.07) is 0. The van der Waals surface area contributed by atoms with E-state index in [4.69, 9.17) is 0 Å². The zero-order chi connectivity index (χ0) is 8.23. The van der Waals surface area contributed by atoms with Gasteiger partial charge in [-0.2, -0.15) is 0 Å². The predicted molar refractivity (Wildman–Crippen MR) is 52.1 cm³/mol. The number of allylic oxidation sites excluding steroid dienone is 4. The van der Waals surface area contributed by atoms with Crippen LogP contribution in [0.5, 0.6) is 0 Å². The van der Waals surface area contributed by atoms with E-state index in [1.165, 1.54) is 38.8 Å². The Bertz CT molecular complexity index is 197. The fraction of sp³-hybridized carbons (Fsp3) is 0.636. The second-order valence-corrected chi connectivity index (χ2v) is 3.71. The summed E-state index contributed by atoms with van der Waals surface area (Å²) in [5, 5.41) is 3.40. The van der Waals surface area contributed by atoms with E-state index in [1.807, 2.05) is 0 Å². The van der Waals surface area contributed by atoms with Crippen molar-refractivity contribution in [3.8, 4) is 0 Å². The highest BCUT2D eigenvalue weighted by atomic mass is 14.9. The first kappa shape index (κ1) is 8.06. The Labute approximate surface area is 74.5 Å². The molecule has 1 aliphatic carbocycles. The Morgan fingerprint density at radius 3 is 2.67 bits per heavy atom. The van der Waals surface area contributed by atoms with Gasteiger partial charge in [-0.25, -0.2) is 0 Å². The van der Waals surface area contributed by atoms with Crippen LogP contribution in [0, 0.1) is 5.92 Å². The molecule has 2 rings (SSSR count). The third-order valence-corrected chi connectivity index (χ3v) is 2.83. The van der Waals surface area contributed by atoms with Crippen molar-refractivity contribution in [1.82, 2.24) is 5.32 Å². The Balaban J connectivity index is 1.97. The third-order valence-electron chi connectivity index (χ3n) is 2.83. The maximum atomic E-state index is 3.40. The summed E-state index contributed by atoms with van der Waals surface area (Å²) in [4.78, 5) is 0. The van der Waals surface area contributed by atoms with E-state index in [0.717, 1.165) is 5.92 Å². The maximum Gasteiger partial charge on any atom is -0.00431 e. The zero-order valence-electron chi connectivity index (χ0n) is 7.55. The highest BCUT2D eigenvalue weighted by molar-refractivity contribution is 5.25. The van der Waals surface area contributed by atoms with Crippen LogP contribution < -0.4 is 5.32 Å². The van der Waals surface area contributed by atoms with Gasteiger partial charge in [-0.05, 0) is 50.3 Å². The van der Waals surface area contributed by atoms with E-state index >= 15 is 0 Å². The molecule has 2 aliphatic rings. The van der Waals surface area contributed by atoms with Gasteiger partial charge in [0.1, 0.15) is 0 Å². The van der Waals surface area contributed by atoms with Gasteiger partial charge in [-0.1, -0.05) is 18.2 Å². The lowest BCUT2D eigenvalue weighted by Gasteiger charge is -2.24. The van der Waals surface area contributed by atoms with Crippen molar-refractivity contribution in [3.63, 3.8) is 0 Å². The molecule has 1 heterocycles. The molecule has 0 unspecified atom stereocenters. The van der Waals surface area contributed by atoms with Crippen molar-refractivity contribution in [2.75, 3.05) is 13.1 Å².